The molecule has 0 spiro atoms. The Morgan fingerprint density at radius 1 is 1.37 bits per heavy atom. The predicted molar refractivity (Wildman–Crippen MR) is 75.2 cm³/mol. The van der Waals surface area contributed by atoms with Gasteiger partial charge in [0.25, 0.3) is 0 Å². The summed E-state index contributed by atoms with van der Waals surface area (Å²) >= 11 is 6.25. The van der Waals surface area contributed by atoms with E-state index >= 15 is 0 Å². The number of hydrogen-bond donors (Lipinski definition) is 1. The fourth-order valence-electron chi connectivity index (χ4n) is 2.69. The Hall–Kier alpha value is -0.970. The van der Waals surface area contributed by atoms with E-state index in [0.717, 1.165) is 25.4 Å². The van der Waals surface area contributed by atoms with Gasteiger partial charge in [-0.15, -0.1) is 0 Å². The zero-order chi connectivity index (χ0) is 13.2. The molecule has 1 aromatic rings. The van der Waals surface area contributed by atoms with Crippen molar-refractivity contribution in [2.75, 3.05) is 33.4 Å². The van der Waals surface area contributed by atoms with Gasteiger partial charge in [-0.2, -0.15) is 0 Å². The van der Waals surface area contributed by atoms with Crippen LogP contribution in [0.2, 0.25) is 5.02 Å². The van der Waals surface area contributed by atoms with Gasteiger partial charge >= 0.3 is 0 Å². The van der Waals surface area contributed by atoms with Gasteiger partial charge in [0, 0.05) is 19.1 Å². The van der Waals surface area contributed by atoms with Crippen molar-refractivity contribution in [3.8, 4) is 11.5 Å². The van der Waals surface area contributed by atoms with Crippen LogP contribution in [0.4, 0.5) is 0 Å². The van der Waals surface area contributed by atoms with Gasteiger partial charge in [-0.1, -0.05) is 11.6 Å². The third-order valence-corrected chi connectivity index (χ3v) is 4.03. The second-order valence-corrected chi connectivity index (χ2v) is 5.57. The first-order valence-corrected chi connectivity index (χ1v) is 7.11. The number of nitrogens with one attached hydrogen (secondary N) is 1. The third kappa shape index (κ3) is 2.81. The highest BCUT2D eigenvalue weighted by atomic mass is 35.5. The summed E-state index contributed by atoms with van der Waals surface area (Å²) in [5.74, 6) is 1.45. The van der Waals surface area contributed by atoms with E-state index < -0.39 is 0 Å². The van der Waals surface area contributed by atoms with Crippen molar-refractivity contribution in [2.24, 2.45) is 0 Å². The third-order valence-electron chi connectivity index (χ3n) is 3.75. The first-order chi connectivity index (χ1) is 9.24. The van der Waals surface area contributed by atoms with Gasteiger partial charge in [0.1, 0.15) is 13.2 Å². The van der Waals surface area contributed by atoms with E-state index in [1.807, 2.05) is 12.1 Å². The number of benzene rings is 1. The second-order valence-electron chi connectivity index (χ2n) is 5.16. The van der Waals surface area contributed by atoms with Crippen LogP contribution in [-0.2, 0) is 6.54 Å². The van der Waals surface area contributed by atoms with E-state index in [1.54, 1.807) is 0 Å². The molecular weight excluding hydrogens is 264 g/mol. The van der Waals surface area contributed by atoms with Crippen LogP contribution in [-0.4, -0.2) is 44.3 Å². The first-order valence-electron chi connectivity index (χ1n) is 6.73. The van der Waals surface area contributed by atoms with Gasteiger partial charge < -0.3 is 14.8 Å². The van der Waals surface area contributed by atoms with Crippen LogP contribution in [0.3, 0.4) is 0 Å². The molecule has 0 saturated carbocycles. The lowest BCUT2D eigenvalue weighted by molar-refractivity contribution is 0.171. The number of fused-ring (bicyclic) bond motifs is 1. The maximum Gasteiger partial charge on any atom is 0.179 e. The molecule has 19 heavy (non-hydrogen) atoms. The summed E-state index contributed by atoms with van der Waals surface area (Å²) in [6.45, 7) is 4.21. The molecule has 1 unspecified atom stereocenters. The normalized spacial score (nSPS) is 21.9. The molecule has 0 bridgehead atoms. The van der Waals surface area contributed by atoms with Crippen LogP contribution in [0.1, 0.15) is 12.0 Å². The quantitative estimate of drug-likeness (QED) is 0.918. The predicted octanol–water partition coefficient (Wildman–Crippen LogP) is 1.90. The topological polar surface area (TPSA) is 33.7 Å². The van der Waals surface area contributed by atoms with Crippen LogP contribution in [0.25, 0.3) is 0 Å². The highest BCUT2D eigenvalue weighted by Crippen LogP contribution is 2.38. The zero-order valence-corrected chi connectivity index (χ0v) is 11.9. The van der Waals surface area contributed by atoms with E-state index in [4.69, 9.17) is 21.1 Å². The minimum atomic E-state index is 0.569. The van der Waals surface area contributed by atoms with Crippen molar-refractivity contribution in [1.82, 2.24) is 10.2 Å². The molecule has 1 saturated heterocycles. The summed E-state index contributed by atoms with van der Waals surface area (Å²) < 4.78 is 11.1. The molecule has 1 N–H and O–H groups in total. The van der Waals surface area contributed by atoms with Crippen molar-refractivity contribution in [1.29, 1.82) is 0 Å². The van der Waals surface area contributed by atoms with Gasteiger partial charge in [0.2, 0.25) is 0 Å². The average molecular weight is 283 g/mol. The molecule has 3 rings (SSSR count). The standard InChI is InChI=1S/C14H19ClN2O2/c1-17(11-2-3-16-8-11)9-10-6-12(15)14-13(7-10)18-4-5-19-14/h6-7,11,16H,2-5,8-9H2,1H3. The van der Waals surface area contributed by atoms with Crippen LogP contribution >= 0.6 is 11.6 Å². The Bertz CT molecular complexity index is 461. The molecule has 0 radical (unpaired) electrons. The molecule has 0 aliphatic carbocycles. The van der Waals surface area contributed by atoms with E-state index in [0.29, 0.717) is 30.0 Å². The van der Waals surface area contributed by atoms with E-state index in [1.165, 1.54) is 12.0 Å². The number of likely N-dealkylation sites (N-methyl/N-ethyl adjacent to an activating group) is 1. The van der Waals surface area contributed by atoms with E-state index in [-0.39, 0.29) is 0 Å². The largest absolute Gasteiger partial charge is 0.486 e. The Morgan fingerprint density at radius 2 is 2.21 bits per heavy atom. The summed E-state index contributed by atoms with van der Waals surface area (Å²) in [4.78, 5) is 2.36. The van der Waals surface area contributed by atoms with Crippen molar-refractivity contribution < 1.29 is 9.47 Å². The molecular formula is C14H19ClN2O2. The van der Waals surface area contributed by atoms with Crippen molar-refractivity contribution in [3.63, 3.8) is 0 Å². The molecule has 0 aromatic heterocycles. The van der Waals surface area contributed by atoms with Gasteiger partial charge in [-0.05, 0) is 37.7 Å². The molecule has 2 aliphatic heterocycles. The first kappa shape index (κ1) is 13.0. The molecule has 1 fully saturated rings. The maximum atomic E-state index is 6.25. The van der Waals surface area contributed by atoms with Crippen LogP contribution in [0.5, 0.6) is 11.5 Å². The minimum Gasteiger partial charge on any atom is -0.486 e. The highest BCUT2D eigenvalue weighted by Gasteiger charge is 2.21. The average Bonchev–Trinajstić information content (AvgIpc) is 2.93. The number of rotatable bonds is 3. The van der Waals surface area contributed by atoms with Crippen molar-refractivity contribution in [2.45, 2.75) is 19.0 Å². The number of ether oxygens (including phenoxy) is 2. The summed E-state index contributed by atoms with van der Waals surface area (Å²) in [5, 5.41) is 4.03. The van der Waals surface area contributed by atoms with Crippen LogP contribution < -0.4 is 14.8 Å². The second kappa shape index (κ2) is 5.57. The number of hydrogen-bond acceptors (Lipinski definition) is 4. The van der Waals surface area contributed by atoms with Crippen molar-refractivity contribution >= 4 is 11.6 Å². The van der Waals surface area contributed by atoms with Crippen LogP contribution in [0.15, 0.2) is 12.1 Å². The summed E-state index contributed by atoms with van der Waals surface area (Å²) in [6, 6.07) is 4.62. The lowest BCUT2D eigenvalue weighted by Crippen LogP contribution is -2.32. The van der Waals surface area contributed by atoms with E-state index in [9.17, 15) is 0 Å². The zero-order valence-electron chi connectivity index (χ0n) is 11.1. The summed E-state index contributed by atoms with van der Waals surface area (Å²) in [5.41, 5.74) is 1.17. The summed E-state index contributed by atoms with van der Waals surface area (Å²) in [6.07, 6.45) is 1.20. The lowest BCUT2D eigenvalue weighted by Gasteiger charge is -2.25. The Kier molecular flexibility index (Phi) is 3.82. The van der Waals surface area contributed by atoms with Gasteiger partial charge in [-0.25, -0.2) is 0 Å². The Labute approximate surface area is 118 Å². The maximum absolute atomic E-state index is 6.25. The molecule has 0 amide bonds. The number of nitrogens with zero attached hydrogens (tertiary/aromatic N) is 1. The SMILES string of the molecule is CN(Cc1cc(Cl)c2c(c1)OCCO2)C1CCNC1. The van der Waals surface area contributed by atoms with Crippen molar-refractivity contribution in [3.05, 3.63) is 22.7 Å². The van der Waals surface area contributed by atoms with Gasteiger partial charge in [0.05, 0.1) is 5.02 Å². The molecule has 2 aliphatic rings. The smallest absolute Gasteiger partial charge is 0.179 e. The van der Waals surface area contributed by atoms with Crippen LogP contribution in [0, 0.1) is 0 Å². The highest BCUT2D eigenvalue weighted by molar-refractivity contribution is 6.32. The molecule has 1 atom stereocenters. The molecule has 5 heteroatoms. The molecule has 2 heterocycles. The monoisotopic (exact) mass is 282 g/mol. The fraction of sp³-hybridized carbons (Fsp3) is 0.571. The van der Waals surface area contributed by atoms with Gasteiger partial charge in [0.15, 0.2) is 11.5 Å². The van der Waals surface area contributed by atoms with E-state index in [2.05, 4.69) is 17.3 Å². The lowest BCUT2D eigenvalue weighted by atomic mass is 10.1. The Balaban J connectivity index is 1.75. The molecule has 104 valence electrons. The molecule has 1 aromatic carbocycles. The Morgan fingerprint density at radius 3 is 3.00 bits per heavy atom. The number of halogens is 1. The molecule has 4 nitrogen and oxygen atoms in total. The van der Waals surface area contributed by atoms with Gasteiger partial charge in [-0.3, -0.25) is 4.90 Å². The fourth-order valence-corrected chi connectivity index (χ4v) is 2.98. The minimum absolute atomic E-state index is 0.569. The summed E-state index contributed by atoms with van der Waals surface area (Å²) in [7, 11) is 2.16.